The van der Waals surface area contributed by atoms with Crippen molar-refractivity contribution >= 4 is 5.91 Å². The SMILES string of the molecule is C[C@H]1C[C@H](C)CN(C(=O)c2cc(-c3ccco3)[nH]n2)C1. The number of aromatic amines is 1. The first kappa shape index (κ1) is 13.0. The molecule has 0 bridgehead atoms. The summed E-state index contributed by atoms with van der Waals surface area (Å²) in [5, 5.41) is 6.98. The van der Waals surface area contributed by atoms with E-state index in [-0.39, 0.29) is 5.91 Å². The number of hydrogen-bond donors (Lipinski definition) is 1. The number of nitrogens with zero attached hydrogens (tertiary/aromatic N) is 2. The quantitative estimate of drug-likeness (QED) is 0.915. The van der Waals surface area contributed by atoms with E-state index >= 15 is 0 Å². The Morgan fingerprint density at radius 3 is 2.80 bits per heavy atom. The number of H-pyrrole nitrogens is 1. The van der Waals surface area contributed by atoms with Gasteiger partial charge in [-0.15, -0.1) is 0 Å². The molecule has 1 saturated heterocycles. The van der Waals surface area contributed by atoms with E-state index in [0.717, 1.165) is 18.8 Å². The predicted molar refractivity (Wildman–Crippen MR) is 75.1 cm³/mol. The minimum absolute atomic E-state index is 0.00236. The third kappa shape index (κ3) is 2.48. The summed E-state index contributed by atoms with van der Waals surface area (Å²) < 4.78 is 5.30. The van der Waals surface area contributed by atoms with Crippen molar-refractivity contribution < 1.29 is 9.21 Å². The molecule has 0 spiro atoms. The Morgan fingerprint density at radius 2 is 2.15 bits per heavy atom. The van der Waals surface area contributed by atoms with Crippen LogP contribution in [0.25, 0.3) is 11.5 Å². The van der Waals surface area contributed by atoms with Crippen molar-refractivity contribution in [1.82, 2.24) is 15.1 Å². The molecule has 0 saturated carbocycles. The van der Waals surface area contributed by atoms with E-state index in [0.29, 0.717) is 23.3 Å². The molecule has 106 valence electrons. The summed E-state index contributed by atoms with van der Waals surface area (Å²) in [7, 11) is 0. The van der Waals surface area contributed by atoms with Crippen LogP contribution in [0, 0.1) is 11.8 Å². The molecule has 0 aromatic carbocycles. The van der Waals surface area contributed by atoms with Crippen LogP contribution in [0.1, 0.15) is 30.8 Å². The lowest BCUT2D eigenvalue weighted by molar-refractivity contribution is 0.0617. The molecule has 2 aromatic rings. The second-order valence-electron chi connectivity index (χ2n) is 5.80. The molecule has 2 aromatic heterocycles. The molecule has 1 aliphatic rings. The maximum atomic E-state index is 12.5. The summed E-state index contributed by atoms with van der Waals surface area (Å²) in [5.74, 6) is 1.78. The lowest BCUT2D eigenvalue weighted by atomic mass is 9.92. The van der Waals surface area contributed by atoms with Gasteiger partial charge in [0.2, 0.25) is 0 Å². The molecular formula is C15H19N3O2. The van der Waals surface area contributed by atoms with Gasteiger partial charge in [-0.05, 0) is 30.4 Å². The first-order chi connectivity index (χ1) is 9.63. The molecule has 1 N–H and O–H groups in total. The lowest BCUT2D eigenvalue weighted by Gasteiger charge is -2.34. The van der Waals surface area contributed by atoms with Crippen LogP contribution in [-0.4, -0.2) is 34.1 Å². The zero-order chi connectivity index (χ0) is 14.1. The third-order valence-electron chi connectivity index (χ3n) is 3.74. The van der Waals surface area contributed by atoms with Crippen LogP contribution in [0.5, 0.6) is 0 Å². The summed E-state index contributed by atoms with van der Waals surface area (Å²) in [4.78, 5) is 14.4. The van der Waals surface area contributed by atoms with Gasteiger partial charge in [0.05, 0.1) is 6.26 Å². The molecular weight excluding hydrogens is 254 g/mol. The van der Waals surface area contributed by atoms with E-state index in [1.807, 2.05) is 17.0 Å². The number of carbonyl (C=O) groups excluding carboxylic acids is 1. The number of furan rings is 1. The summed E-state index contributed by atoms with van der Waals surface area (Å²) in [6.45, 7) is 6.00. The van der Waals surface area contributed by atoms with E-state index < -0.39 is 0 Å². The highest BCUT2D eigenvalue weighted by molar-refractivity contribution is 5.93. The zero-order valence-electron chi connectivity index (χ0n) is 11.8. The fraction of sp³-hybridized carbons (Fsp3) is 0.467. The van der Waals surface area contributed by atoms with Crippen LogP contribution in [0.4, 0.5) is 0 Å². The Balaban J connectivity index is 1.77. The highest BCUT2D eigenvalue weighted by Crippen LogP contribution is 2.23. The maximum Gasteiger partial charge on any atom is 0.274 e. The fourth-order valence-electron chi connectivity index (χ4n) is 2.98. The van der Waals surface area contributed by atoms with Crippen LogP contribution in [0.15, 0.2) is 28.9 Å². The van der Waals surface area contributed by atoms with Crippen LogP contribution in [0.3, 0.4) is 0 Å². The van der Waals surface area contributed by atoms with E-state index in [1.165, 1.54) is 6.42 Å². The number of nitrogens with one attached hydrogen (secondary N) is 1. The van der Waals surface area contributed by atoms with Crippen molar-refractivity contribution in [2.24, 2.45) is 11.8 Å². The second-order valence-corrected chi connectivity index (χ2v) is 5.80. The highest BCUT2D eigenvalue weighted by atomic mass is 16.3. The van der Waals surface area contributed by atoms with Gasteiger partial charge < -0.3 is 9.32 Å². The van der Waals surface area contributed by atoms with Crippen molar-refractivity contribution in [3.8, 4) is 11.5 Å². The summed E-state index contributed by atoms with van der Waals surface area (Å²) in [6.07, 6.45) is 2.79. The van der Waals surface area contributed by atoms with E-state index in [1.54, 1.807) is 12.3 Å². The Labute approximate surface area is 118 Å². The van der Waals surface area contributed by atoms with Gasteiger partial charge in [-0.2, -0.15) is 5.10 Å². The molecule has 5 heteroatoms. The number of amides is 1. The molecule has 2 atom stereocenters. The van der Waals surface area contributed by atoms with Gasteiger partial charge in [-0.1, -0.05) is 13.8 Å². The molecule has 3 rings (SSSR count). The third-order valence-corrected chi connectivity index (χ3v) is 3.74. The first-order valence-electron chi connectivity index (χ1n) is 7.02. The fourth-order valence-corrected chi connectivity index (χ4v) is 2.98. The molecule has 1 fully saturated rings. The molecule has 5 nitrogen and oxygen atoms in total. The van der Waals surface area contributed by atoms with Gasteiger partial charge in [-0.25, -0.2) is 0 Å². The standard InChI is InChI=1S/C15H19N3O2/c1-10-6-11(2)9-18(8-10)15(19)13-7-12(16-17-13)14-4-3-5-20-14/h3-5,7,10-11H,6,8-9H2,1-2H3,(H,16,17)/t10-,11-/m0/s1. The van der Waals surface area contributed by atoms with Crippen LogP contribution in [-0.2, 0) is 0 Å². The maximum absolute atomic E-state index is 12.5. The van der Waals surface area contributed by atoms with Crippen LogP contribution >= 0.6 is 0 Å². The number of aromatic nitrogens is 2. The summed E-state index contributed by atoms with van der Waals surface area (Å²) >= 11 is 0. The largest absolute Gasteiger partial charge is 0.463 e. The minimum atomic E-state index is -0.00236. The molecule has 0 radical (unpaired) electrons. The predicted octanol–water partition coefficient (Wildman–Crippen LogP) is 2.79. The second kappa shape index (κ2) is 5.15. The number of hydrogen-bond acceptors (Lipinski definition) is 3. The smallest absolute Gasteiger partial charge is 0.274 e. The van der Waals surface area contributed by atoms with Gasteiger partial charge in [-0.3, -0.25) is 9.89 Å². The Hall–Kier alpha value is -2.04. The molecule has 20 heavy (non-hydrogen) atoms. The van der Waals surface area contributed by atoms with Gasteiger partial charge >= 0.3 is 0 Å². The van der Waals surface area contributed by atoms with Gasteiger partial charge in [0.25, 0.3) is 5.91 Å². The van der Waals surface area contributed by atoms with Gasteiger partial charge in [0.1, 0.15) is 5.69 Å². The van der Waals surface area contributed by atoms with Crippen molar-refractivity contribution in [2.75, 3.05) is 13.1 Å². The molecule has 0 aliphatic carbocycles. The minimum Gasteiger partial charge on any atom is -0.463 e. The highest BCUT2D eigenvalue weighted by Gasteiger charge is 2.27. The van der Waals surface area contributed by atoms with Crippen LogP contribution < -0.4 is 0 Å². The molecule has 3 heterocycles. The number of piperidine rings is 1. The van der Waals surface area contributed by atoms with Gasteiger partial charge in [0.15, 0.2) is 11.5 Å². The first-order valence-corrected chi connectivity index (χ1v) is 7.02. The number of carbonyl (C=O) groups is 1. The van der Waals surface area contributed by atoms with Crippen molar-refractivity contribution in [2.45, 2.75) is 20.3 Å². The Morgan fingerprint density at radius 1 is 1.40 bits per heavy atom. The van der Waals surface area contributed by atoms with E-state index in [9.17, 15) is 4.79 Å². The Kier molecular flexibility index (Phi) is 3.34. The topological polar surface area (TPSA) is 62.1 Å². The average Bonchev–Trinajstić information content (AvgIpc) is 3.07. The van der Waals surface area contributed by atoms with Crippen LogP contribution in [0.2, 0.25) is 0 Å². The average molecular weight is 273 g/mol. The van der Waals surface area contributed by atoms with Gasteiger partial charge in [0, 0.05) is 19.2 Å². The monoisotopic (exact) mass is 273 g/mol. The van der Waals surface area contributed by atoms with E-state index in [4.69, 9.17) is 4.42 Å². The molecule has 0 unspecified atom stereocenters. The van der Waals surface area contributed by atoms with Crippen molar-refractivity contribution in [1.29, 1.82) is 0 Å². The number of rotatable bonds is 2. The zero-order valence-corrected chi connectivity index (χ0v) is 11.8. The van der Waals surface area contributed by atoms with Crippen molar-refractivity contribution in [3.63, 3.8) is 0 Å². The normalized spacial score (nSPS) is 23.0. The molecule has 1 amide bonds. The van der Waals surface area contributed by atoms with Crippen molar-refractivity contribution in [3.05, 3.63) is 30.2 Å². The Bertz CT molecular complexity index is 578. The van der Waals surface area contributed by atoms with E-state index in [2.05, 4.69) is 24.0 Å². The lowest BCUT2D eigenvalue weighted by Crippen LogP contribution is -2.42. The molecule has 1 aliphatic heterocycles. The summed E-state index contributed by atoms with van der Waals surface area (Å²) in [6, 6.07) is 5.41. The summed E-state index contributed by atoms with van der Waals surface area (Å²) in [5.41, 5.74) is 1.19. The number of likely N-dealkylation sites (tertiary alicyclic amines) is 1.